The molecule has 0 aromatic heterocycles. The molecular formula is C19H26FNO5S. The highest BCUT2D eigenvalue weighted by Crippen LogP contribution is 2.23. The van der Waals surface area contributed by atoms with Gasteiger partial charge in [-0.05, 0) is 49.9 Å². The van der Waals surface area contributed by atoms with Crippen LogP contribution in [0.5, 0.6) is 0 Å². The van der Waals surface area contributed by atoms with Crippen molar-refractivity contribution in [1.82, 2.24) is 5.32 Å². The summed E-state index contributed by atoms with van der Waals surface area (Å²) in [6, 6.07) is 4.47. The minimum absolute atomic E-state index is 0.0613. The van der Waals surface area contributed by atoms with Gasteiger partial charge in [0.1, 0.15) is 5.82 Å². The van der Waals surface area contributed by atoms with Crippen molar-refractivity contribution in [3.63, 3.8) is 0 Å². The average molecular weight is 399 g/mol. The topological polar surface area (TPSA) is 89.5 Å². The van der Waals surface area contributed by atoms with Crippen molar-refractivity contribution in [3.8, 4) is 0 Å². The second kappa shape index (κ2) is 9.30. The highest BCUT2D eigenvalue weighted by atomic mass is 32.2. The van der Waals surface area contributed by atoms with Crippen LogP contribution in [-0.4, -0.2) is 38.2 Å². The summed E-state index contributed by atoms with van der Waals surface area (Å²) in [5.41, 5.74) is 0. The number of carbonyl (C=O) groups excluding carboxylic acids is 2. The van der Waals surface area contributed by atoms with Crippen molar-refractivity contribution in [2.45, 2.75) is 63.0 Å². The number of hydrogen-bond donors (Lipinski definition) is 1. The van der Waals surface area contributed by atoms with E-state index < -0.39 is 33.5 Å². The van der Waals surface area contributed by atoms with Crippen LogP contribution in [0, 0.1) is 11.7 Å². The Morgan fingerprint density at radius 2 is 1.85 bits per heavy atom. The summed E-state index contributed by atoms with van der Waals surface area (Å²) in [7, 11) is -3.73. The van der Waals surface area contributed by atoms with E-state index in [4.69, 9.17) is 4.74 Å². The van der Waals surface area contributed by atoms with E-state index in [2.05, 4.69) is 12.2 Å². The minimum atomic E-state index is -3.73. The highest BCUT2D eigenvalue weighted by molar-refractivity contribution is 7.91. The maximum absolute atomic E-state index is 12.9. The van der Waals surface area contributed by atoms with Gasteiger partial charge >= 0.3 is 5.97 Å². The quantitative estimate of drug-likeness (QED) is 0.562. The van der Waals surface area contributed by atoms with E-state index in [0.717, 1.165) is 49.9 Å². The highest BCUT2D eigenvalue weighted by Gasteiger charge is 2.26. The molecule has 0 radical (unpaired) electrons. The van der Waals surface area contributed by atoms with E-state index in [9.17, 15) is 22.4 Å². The number of ether oxygens (including phenoxy) is 1. The molecule has 1 amide bonds. The zero-order chi connectivity index (χ0) is 20.0. The van der Waals surface area contributed by atoms with Crippen LogP contribution in [0.25, 0.3) is 0 Å². The predicted molar refractivity (Wildman–Crippen MR) is 98.2 cm³/mol. The summed E-state index contributed by atoms with van der Waals surface area (Å²) >= 11 is 0. The second-order valence-electron chi connectivity index (χ2n) is 7.03. The number of carbonyl (C=O) groups is 2. The van der Waals surface area contributed by atoms with Crippen molar-refractivity contribution in [2.24, 2.45) is 5.92 Å². The fourth-order valence-electron chi connectivity index (χ4n) is 3.12. The Hall–Kier alpha value is -1.96. The number of sulfone groups is 1. The predicted octanol–water partition coefficient (Wildman–Crippen LogP) is 2.62. The van der Waals surface area contributed by atoms with Crippen LogP contribution >= 0.6 is 0 Å². The van der Waals surface area contributed by atoms with Crippen LogP contribution < -0.4 is 5.32 Å². The van der Waals surface area contributed by atoms with Gasteiger partial charge in [-0.3, -0.25) is 9.59 Å². The molecule has 150 valence electrons. The molecule has 1 N–H and O–H groups in total. The van der Waals surface area contributed by atoms with Crippen molar-refractivity contribution in [2.75, 3.05) is 5.75 Å². The van der Waals surface area contributed by atoms with Gasteiger partial charge in [0.05, 0.1) is 17.1 Å². The van der Waals surface area contributed by atoms with Gasteiger partial charge in [-0.2, -0.15) is 0 Å². The summed E-state index contributed by atoms with van der Waals surface area (Å²) in [4.78, 5) is 24.1. The Labute approximate surface area is 159 Å². The summed E-state index contributed by atoms with van der Waals surface area (Å²) in [5, 5.41) is 2.91. The van der Waals surface area contributed by atoms with E-state index in [1.54, 1.807) is 0 Å². The number of hydrogen-bond acceptors (Lipinski definition) is 5. The van der Waals surface area contributed by atoms with Crippen molar-refractivity contribution in [1.29, 1.82) is 0 Å². The Kier molecular flexibility index (Phi) is 7.35. The van der Waals surface area contributed by atoms with Gasteiger partial charge in [0.15, 0.2) is 15.9 Å². The van der Waals surface area contributed by atoms with Crippen LogP contribution in [0.2, 0.25) is 0 Å². The second-order valence-corrected chi connectivity index (χ2v) is 9.14. The van der Waals surface area contributed by atoms with Gasteiger partial charge in [0, 0.05) is 6.04 Å². The maximum Gasteiger partial charge on any atom is 0.307 e. The van der Waals surface area contributed by atoms with E-state index in [0.29, 0.717) is 5.92 Å². The number of nitrogens with one attached hydrogen (secondary N) is 1. The zero-order valence-electron chi connectivity index (χ0n) is 15.6. The molecule has 1 aromatic carbocycles. The third-order valence-electron chi connectivity index (χ3n) is 4.86. The largest absolute Gasteiger partial charge is 0.453 e. The number of rotatable bonds is 7. The Bertz CT molecular complexity index is 763. The molecule has 27 heavy (non-hydrogen) atoms. The fraction of sp³-hybridized carbons (Fsp3) is 0.579. The van der Waals surface area contributed by atoms with Gasteiger partial charge in [-0.1, -0.05) is 19.8 Å². The van der Waals surface area contributed by atoms with Gasteiger partial charge in [-0.25, -0.2) is 12.8 Å². The first-order valence-electron chi connectivity index (χ1n) is 9.17. The van der Waals surface area contributed by atoms with Crippen LogP contribution in [0.1, 0.15) is 46.0 Å². The maximum atomic E-state index is 12.9. The molecule has 6 nitrogen and oxygen atoms in total. The third kappa shape index (κ3) is 6.30. The zero-order valence-corrected chi connectivity index (χ0v) is 16.4. The minimum Gasteiger partial charge on any atom is -0.453 e. The monoisotopic (exact) mass is 399 g/mol. The normalized spacial score (nSPS) is 21.3. The SMILES string of the molecule is C[C@@H]1CCCC[C@H]1NC(=O)[C@@H](C)OC(=O)CCS(=O)(=O)c1ccc(F)cc1. The fourth-order valence-corrected chi connectivity index (χ4v) is 4.34. The Morgan fingerprint density at radius 3 is 2.48 bits per heavy atom. The summed E-state index contributed by atoms with van der Waals surface area (Å²) in [6.07, 6.45) is 2.81. The lowest BCUT2D eigenvalue weighted by Crippen LogP contribution is -2.46. The Morgan fingerprint density at radius 1 is 1.22 bits per heavy atom. The smallest absolute Gasteiger partial charge is 0.307 e. The summed E-state index contributed by atoms with van der Waals surface area (Å²) in [5.74, 6) is -1.76. The van der Waals surface area contributed by atoms with Crippen LogP contribution in [0.3, 0.4) is 0 Å². The van der Waals surface area contributed by atoms with E-state index in [1.165, 1.54) is 6.92 Å². The molecule has 0 aliphatic heterocycles. The van der Waals surface area contributed by atoms with E-state index >= 15 is 0 Å². The molecule has 1 saturated carbocycles. The number of esters is 1. The molecule has 0 spiro atoms. The molecule has 1 aliphatic carbocycles. The summed E-state index contributed by atoms with van der Waals surface area (Å²) in [6.45, 7) is 3.55. The van der Waals surface area contributed by atoms with Crippen molar-refractivity contribution < 1.29 is 27.1 Å². The first kappa shape index (κ1) is 21.3. The van der Waals surface area contributed by atoms with Crippen LogP contribution in [-0.2, 0) is 24.2 Å². The lowest BCUT2D eigenvalue weighted by atomic mass is 9.86. The van der Waals surface area contributed by atoms with E-state index in [1.807, 2.05) is 0 Å². The molecule has 1 fully saturated rings. The van der Waals surface area contributed by atoms with Gasteiger partial charge in [-0.15, -0.1) is 0 Å². The van der Waals surface area contributed by atoms with Gasteiger partial charge in [0.2, 0.25) is 0 Å². The van der Waals surface area contributed by atoms with Crippen molar-refractivity contribution >= 4 is 21.7 Å². The molecule has 3 atom stereocenters. The molecule has 1 aliphatic rings. The van der Waals surface area contributed by atoms with Gasteiger partial charge < -0.3 is 10.1 Å². The number of benzene rings is 1. The molecule has 0 unspecified atom stereocenters. The summed E-state index contributed by atoms with van der Waals surface area (Å²) < 4.78 is 42.3. The number of amides is 1. The molecule has 2 rings (SSSR count). The lowest BCUT2D eigenvalue weighted by molar-refractivity contribution is -0.154. The van der Waals surface area contributed by atoms with Crippen LogP contribution in [0.15, 0.2) is 29.2 Å². The third-order valence-corrected chi connectivity index (χ3v) is 6.60. The van der Waals surface area contributed by atoms with Gasteiger partial charge in [0.25, 0.3) is 5.91 Å². The standard InChI is InChI=1S/C19H26FNO5S/c1-13-5-3-4-6-17(13)21-19(23)14(2)26-18(22)11-12-27(24,25)16-9-7-15(20)8-10-16/h7-10,13-14,17H,3-6,11-12H2,1-2H3,(H,21,23)/t13-,14-,17-/m1/s1. The molecule has 1 aromatic rings. The first-order chi connectivity index (χ1) is 12.7. The molecular weight excluding hydrogens is 373 g/mol. The molecule has 8 heteroatoms. The molecule has 0 bridgehead atoms. The number of halogens is 1. The van der Waals surface area contributed by atoms with E-state index in [-0.39, 0.29) is 23.3 Å². The molecule has 0 heterocycles. The Balaban J connectivity index is 1.81. The average Bonchev–Trinajstić information content (AvgIpc) is 2.62. The van der Waals surface area contributed by atoms with Crippen molar-refractivity contribution in [3.05, 3.63) is 30.1 Å². The lowest BCUT2D eigenvalue weighted by Gasteiger charge is -2.30. The van der Waals surface area contributed by atoms with Crippen LogP contribution in [0.4, 0.5) is 4.39 Å². The first-order valence-corrected chi connectivity index (χ1v) is 10.8. The molecule has 0 saturated heterocycles.